The normalized spacial score (nSPS) is 12.4. The Kier molecular flexibility index (Phi) is 12.5. The van der Waals surface area contributed by atoms with Crippen LogP contribution in [0.2, 0.25) is 5.02 Å². The molecular formula is C24H33ClN2O7. The molecule has 34 heavy (non-hydrogen) atoms. The summed E-state index contributed by atoms with van der Waals surface area (Å²) in [5, 5.41) is 3.03. The van der Waals surface area contributed by atoms with E-state index in [9.17, 15) is 24.0 Å². The number of hydrogen-bond donors (Lipinski definition) is 2. The summed E-state index contributed by atoms with van der Waals surface area (Å²) in [6, 6.07) is 4.76. The average Bonchev–Trinajstić information content (AvgIpc) is 2.78. The molecule has 0 heterocycles. The van der Waals surface area contributed by atoms with Crippen LogP contribution in [0.3, 0.4) is 0 Å². The fraction of sp³-hybridized carbons (Fsp3) is 0.542. The molecule has 1 rings (SSSR count). The van der Waals surface area contributed by atoms with Crippen LogP contribution in [-0.2, 0) is 35.1 Å². The first-order chi connectivity index (χ1) is 16.0. The van der Waals surface area contributed by atoms with Crippen LogP contribution in [0, 0.1) is 0 Å². The first-order valence-electron chi connectivity index (χ1n) is 11.3. The van der Waals surface area contributed by atoms with Crippen LogP contribution >= 0.6 is 11.6 Å². The van der Waals surface area contributed by atoms with Crippen LogP contribution in [0.5, 0.6) is 0 Å². The lowest BCUT2D eigenvalue weighted by Gasteiger charge is -2.25. The van der Waals surface area contributed by atoms with Crippen molar-refractivity contribution in [3.63, 3.8) is 0 Å². The Morgan fingerprint density at radius 2 is 1.71 bits per heavy atom. The summed E-state index contributed by atoms with van der Waals surface area (Å²) in [5.41, 5.74) is 5.09. The van der Waals surface area contributed by atoms with Crippen molar-refractivity contribution in [1.82, 2.24) is 5.32 Å². The van der Waals surface area contributed by atoms with Crippen LogP contribution < -0.4 is 11.1 Å². The van der Waals surface area contributed by atoms with Gasteiger partial charge in [0.05, 0.1) is 13.2 Å². The third-order valence-corrected chi connectivity index (χ3v) is 5.34. The average molecular weight is 497 g/mol. The first kappa shape index (κ1) is 29.3. The highest BCUT2D eigenvalue weighted by Crippen LogP contribution is 2.23. The summed E-state index contributed by atoms with van der Waals surface area (Å²) in [7, 11) is 0. The highest BCUT2D eigenvalue weighted by atomic mass is 35.5. The zero-order valence-electron chi connectivity index (χ0n) is 19.9. The number of Topliss-reactive ketones (excluding diaryl/α,β-unsaturated/α-hetero) is 2. The van der Waals surface area contributed by atoms with Crippen LogP contribution in [0.25, 0.3) is 0 Å². The number of halogens is 1. The Morgan fingerprint density at radius 1 is 1.03 bits per heavy atom. The molecule has 1 atom stereocenters. The standard InChI is InChI=1S/C24H33ClN2O7/c1-4-33-22(31)12-13-24(26,23(32)34-5-2)21(30)11-8-17-15-18(25)9-10-19(17)20(29)7-6-14-27-16(3)28/h9-10,15H,4-8,11-14,26H2,1-3H3,(H,27,28)/t24-/m1/s1. The number of rotatable bonds is 15. The molecule has 0 bridgehead atoms. The minimum Gasteiger partial charge on any atom is -0.466 e. The minimum atomic E-state index is -2.01. The largest absolute Gasteiger partial charge is 0.466 e. The molecule has 0 aliphatic heterocycles. The van der Waals surface area contributed by atoms with Gasteiger partial charge in [0.15, 0.2) is 17.1 Å². The molecule has 0 aliphatic rings. The van der Waals surface area contributed by atoms with Crippen molar-refractivity contribution in [2.75, 3.05) is 19.8 Å². The molecule has 3 N–H and O–H groups in total. The van der Waals surface area contributed by atoms with Gasteiger partial charge >= 0.3 is 11.9 Å². The predicted octanol–water partition coefficient (Wildman–Crippen LogP) is 2.54. The van der Waals surface area contributed by atoms with Crippen LogP contribution in [0.15, 0.2) is 18.2 Å². The zero-order chi connectivity index (χ0) is 25.7. The molecule has 0 aromatic heterocycles. The molecular weight excluding hydrogens is 464 g/mol. The maximum absolute atomic E-state index is 13.0. The van der Waals surface area contributed by atoms with E-state index >= 15 is 0 Å². The summed E-state index contributed by atoms with van der Waals surface area (Å²) in [4.78, 5) is 61.0. The maximum Gasteiger partial charge on any atom is 0.333 e. The molecule has 1 amide bonds. The van der Waals surface area contributed by atoms with Gasteiger partial charge in [-0.2, -0.15) is 0 Å². The summed E-state index contributed by atoms with van der Waals surface area (Å²) < 4.78 is 9.84. The monoisotopic (exact) mass is 496 g/mol. The van der Waals surface area contributed by atoms with Crippen LogP contribution in [0.4, 0.5) is 0 Å². The van der Waals surface area contributed by atoms with E-state index in [1.54, 1.807) is 32.0 Å². The van der Waals surface area contributed by atoms with Gasteiger partial charge in [0, 0.05) is 43.3 Å². The molecule has 0 unspecified atom stereocenters. The molecule has 0 aliphatic carbocycles. The third kappa shape index (κ3) is 9.23. The Labute approximate surface area is 204 Å². The summed E-state index contributed by atoms with van der Waals surface area (Å²) in [5.74, 6) is -2.43. The molecule has 10 heteroatoms. The highest BCUT2D eigenvalue weighted by molar-refractivity contribution is 6.30. The van der Waals surface area contributed by atoms with Crippen molar-refractivity contribution in [3.8, 4) is 0 Å². The number of benzene rings is 1. The third-order valence-electron chi connectivity index (χ3n) is 5.11. The van der Waals surface area contributed by atoms with Gasteiger partial charge in [-0.1, -0.05) is 11.6 Å². The Bertz CT molecular complexity index is 903. The fourth-order valence-electron chi connectivity index (χ4n) is 3.31. The summed E-state index contributed by atoms with van der Waals surface area (Å²) in [6.07, 6.45) is 0.140. The molecule has 0 radical (unpaired) electrons. The molecule has 9 nitrogen and oxygen atoms in total. The topological polar surface area (TPSA) is 142 Å². The van der Waals surface area contributed by atoms with Gasteiger partial charge in [0.1, 0.15) is 0 Å². The van der Waals surface area contributed by atoms with Gasteiger partial charge in [-0.05, 0) is 56.9 Å². The van der Waals surface area contributed by atoms with Crippen molar-refractivity contribution in [3.05, 3.63) is 34.3 Å². The van der Waals surface area contributed by atoms with Crippen LogP contribution in [0.1, 0.15) is 68.8 Å². The zero-order valence-corrected chi connectivity index (χ0v) is 20.7. The SMILES string of the molecule is CCOC(=O)CC[C@@](N)(C(=O)CCc1cc(Cl)ccc1C(=O)CCCNC(C)=O)C(=O)OCC. The lowest BCUT2D eigenvalue weighted by Crippen LogP contribution is -2.56. The Morgan fingerprint density at radius 3 is 2.32 bits per heavy atom. The lowest BCUT2D eigenvalue weighted by molar-refractivity contribution is -0.154. The van der Waals surface area contributed by atoms with Gasteiger partial charge < -0.3 is 20.5 Å². The molecule has 188 valence electrons. The van der Waals surface area contributed by atoms with Crippen molar-refractivity contribution in [2.45, 2.75) is 64.8 Å². The second kappa shape index (κ2) is 14.5. The van der Waals surface area contributed by atoms with Crippen molar-refractivity contribution in [1.29, 1.82) is 0 Å². The summed E-state index contributed by atoms with van der Waals surface area (Å²) in [6.45, 7) is 5.20. The second-order valence-corrected chi connectivity index (χ2v) is 8.17. The Balaban J connectivity index is 2.96. The number of ether oxygens (including phenoxy) is 2. The van der Waals surface area contributed by atoms with Crippen molar-refractivity contribution < 1.29 is 33.4 Å². The summed E-state index contributed by atoms with van der Waals surface area (Å²) >= 11 is 6.10. The maximum atomic E-state index is 13.0. The number of ketones is 2. The Hall–Kier alpha value is -2.78. The molecule has 1 aromatic carbocycles. The lowest BCUT2D eigenvalue weighted by atomic mass is 9.85. The number of nitrogens with two attached hydrogens (primary N) is 1. The number of amides is 1. The second-order valence-electron chi connectivity index (χ2n) is 7.73. The van der Waals surface area contributed by atoms with Gasteiger partial charge in [0.2, 0.25) is 5.91 Å². The molecule has 0 fully saturated rings. The number of aryl methyl sites for hydroxylation is 1. The van der Waals surface area contributed by atoms with E-state index in [4.69, 9.17) is 26.8 Å². The van der Waals surface area contributed by atoms with Gasteiger partial charge in [-0.15, -0.1) is 0 Å². The van der Waals surface area contributed by atoms with Crippen molar-refractivity contribution in [2.24, 2.45) is 5.73 Å². The molecule has 0 spiro atoms. The van der Waals surface area contributed by atoms with E-state index in [0.29, 0.717) is 29.1 Å². The number of esters is 2. The van der Waals surface area contributed by atoms with E-state index in [1.165, 1.54) is 6.92 Å². The van der Waals surface area contributed by atoms with Crippen molar-refractivity contribution >= 4 is 41.0 Å². The number of carbonyl (C=O) groups is 5. The molecule has 0 saturated heterocycles. The molecule has 1 aromatic rings. The van der Waals surface area contributed by atoms with Gasteiger partial charge in [-0.3, -0.25) is 19.2 Å². The van der Waals surface area contributed by atoms with Gasteiger partial charge in [0.25, 0.3) is 0 Å². The highest BCUT2D eigenvalue weighted by Gasteiger charge is 2.43. The van der Waals surface area contributed by atoms with Crippen LogP contribution in [-0.4, -0.2) is 54.7 Å². The first-order valence-corrected chi connectivity index (χ1v) is 11.6. The smallest absolute Gasteiger partial charge is 0.333 e. The number of nitrogens with one attached hydrogen (secondary N) is 1. The van der Waals surface area contributed by atoms with Gasteiger partial charge in [-0.25, -0.2) is 4.79 Å². The van der Waals surface area contributed by atoms with E-state index in [2.05, 4.69) is 5.32 Å². The van der Waals surface area contributed by atoms with E-state index in [-0.39, 0.29) is 57.0 Å². The predicted molar refractivity (Wildman–Crippen MR) is 126 cm³/mol. The van der Waals surface area contributed by atoms with E-state index in [1.807, 2.05) is 0 Å². The molecule has 0 saturated carbocycles. The van der Waals surface area contributed by atoms with E-state index in [0.717, 1.165) is 0 Å². The fourth-order valence-corrected chi connectivity index (χ4v) is 3.50. The quantitative estimate of drug-likeness (QED) is 0.163. The number of hydrogen-bond acceptors (Lipinski definition) is 8. The number of carbonyl (C=O) groups excluding carboxylic acids is 5. The minimum absolute atomic E-state index is 0.0237. The van der Waals surface area contributed by atoms with E-state index < -0.39 is 23.3 Å².